The van der Waals surface area contributed by atoms with Gasteiger partial charge in [-0.15, -0.1) is 0 Å². The fraction of sp³-hybridized carbons (Fsp3) is 0.467. The Labute approximate surface area is 114 Å². The maximum atomic E-state index is 5.42. The molecule has 2 aromatic rings. The first-order valence-electron chi connectivity index (χ1n) is 6.51. The summed E-state index contributed by atoms with van der Waals surface area (Å²) < 4.78 is 13.0. The summed E-state index contributed by atoms with van der Waals surface area (Å²) in [5.74, 6) is 1.69. The summed E-state index contributed by atoms with van der Waals surface area (Å²) in [6.45, 7) is 2.08. The Kier molecular flexibility index (Phi) is 4.32. The van der Waals surface area contributed by atoms with Crippen LogP contribution in [0.4, 0.5) is 0 Å². The Balaban J connectivity index is 2.29. The molecule has 0 atom stereocenters. The van der Waals surface area contributed by atoms with Crippen LogP contribution in [0, 0.1) is 0 Å². The first kappa shape index (κ1) is 13.7. The smallest absolute Gasteiger partial charge is 0.131 e. The van der Waals surface area contributed by atoms with Crippen LogP contribution in [-0.4, -0.2) is 44.3 Å². The second-order valence-electron chi connectivity index (χ2n) is 4.93. The lowest BCUT2D eigenvalue weighted by molar-refractivity contribution is 0.387. The molecular weight excluding hydrogens is 240 g/mol. The zero-order valence-corrected chi connectivity index (χ0v) is 12.1. The number of methoxy groups -OCH3 is 2. The number of benzene rings is 1. The molecule has 2 rings (SSSR count). The van der Waals surface area contributed by atoms with Crippen LogP contribution in [0.25, 0.3) is 10.9 Å². The Morgan fingerprint density at radius 2 is 1.95 bits per heavy atom. The van der Waals surface area contributed by atoms with E-state index in [4.69, 9.17) is 9.47 Å². The van der Waals surface area contributed by atoms with Gasteiger partial charge in [0, 0.05) is 30.3 Å². The van der Waals surface area contributed by atoms with Gasteiger partial charge in [0.2, 0.25) is 0 Å². The van der Waals surface area contributed by atoms with Gasteiger partial charge in [-0.25, -0.2) is 0 Å². The summed E-state index contributed by atoms with van der Waals surface area (Å²) in [6, 6.07) is 6.09. The van der Waals surface area contributed by atoms with Gasteiger partial charge in [0.25, 0.3) is 0 Å². The molecule has 0 N–H and O–H groups in total. The number of aryl methyl sites for hydroxylation is 1. The van der Waals surface area contributed by atoms with E-state index in [2.05, 4.69) is 41.9 Å². The highest BCUT2D eigenvalue weighted by Gasteiger charge is 2.09. The highest BCUT2D eigenvalue weighted by atomic mass is 16.5. The van der Waals surface area contributed by atoms with Crippen molar-refractivity contribution >= 4 is 10.9 Å². The van der Waals surface area contributed by atoms with Crippen LogP contribution in [0.15, 0.2) is 24.4 Å². The quantitative estimate of drug-likeness (QED) is 0.800. The third-order valence-electron chi connectivity index (χ3n) is 3.28. The van der Waals surface area contributed by atoms with Crippen LogP contribution < -0.4 is 9.47 Å². The second kappa shape index (κ2) is 5.97. The predicted octanol–water partition coefficient (Wildman–Crippen LogP) is 2.61. The minimum absolute atomic E-state index is 0.830. The molecule has 1 heterocycles. The van der Waals surface area contributed by atoms with Gasteiger partial charge in [0.05, 0.1) is 19.7 Å². The van der Waals surface area contributed by atoms with E-state index in [1.54, 1.807) is 14.2 Å². The number of nitrogens with zero attached hydrogens (tertiary/aromatic N) is 2. The third kappa shape index (κ3) is 3.01. The molecule has 104 valence electrons. The summed E-state index contributed by atoms with van der Waals surface area (Å²) in [4.78, 5) is 2.20. The van der Waals surface area contributed by atoms with Crippen LogP contribution in [-0.2, 0) is 6.54 Å². The maximum Gasteiger partial charge on any atom is 0.131 e. The predicted molar refractivity (Wildman–Crippen MR) is 78.2 cm³/mol. The van der Waals surface area contributed by atoms with E-state index in [-0.39, 0.29) is 0 Å². The summed E-state index contributed by atoms with van der Waals surface area (Å²) in [7, 11) is 7.57. The van der Waals surface area contributed by atoms with Crippen molar-refractivity contribution in [1.82, 2.24) is 9.47 Å². The molecule has 0 unspecified atom stereocenters. The molecule has 1 aromatic heterocycles. The average molecular weight is 262 g/mol. The molecule has 4 nitrogen and oxygen atoms in total. The minimum Gasteiger partial charge on any atom is -0.497 e. The van der Waals surface area contributed by atoms with E-state index in [1.807, 2.05) is 6.07 Å². The van der Waals surface area contributed by atoms with Gasteiger partial charge in [-0.05, 0) is 33.1 Å². The summed E-state index contributed by atoms with van der Waals surface area (Å²) >= 11 is 0. The Morgan fingerprint density at radius 3 is 2.58 bits per heavy atom. The zero-order chi connectivity index (χ0) is 13.8. The van der Waals surface area contributed by atoms with Crippen molar-refractivity contribution in [2.45, 2.75) is 13.0 Å². The molecule has 0 saturated carbocycles. The molecule has 0 spiro atoms. The van der Waals surface area contributed by atoms with Crippen LogP contribution in [0.1, 0.15) is 6.42 Å². The average Bonchev–Trinajstić information content (AvgIpc) is 2.80. The highest BCUT2D eigenvalue weighted by molar-refractivity contribution is 5.88. The molecule has 19 heavy (non-hydrogen) atoms. The number of fused-ring (bicyclic) bond motifs is 1. The summed E-state index contributed by atoms with van der Waals surface area (Å²) in [5.41, 5.74) is 1.16. The Morgan fingerprint density at radius 1 is 1.16 bits per heavy atom. The molecule has 0 fully saturated rings. The van der Waals surface area contributed by atoms with E-state index in [0.717, 1.165) is 41.9 Å². The summed E-state index contributed by atoms with van der Waals surface area (Å²) in [5, 5.41) is 1.13. The van der Waals surface area contributed by atoms with Crippen molar-refractivity contribution in [3.63, 3.8) is 0 Å². The first-order valence-corrected chi connectivity index (χ1v) is 6.51. The van der Waals surface area contributed by atoms with Crippen LogP contribution in [0.3, 0.4) is 0 Å². The fourth-order valence-corrected chi connectivity index (χ4v) is 2.28. The van der Waals surface area contributed by atoms with Crippen molar-refractivity contribution in [2.75, 3.05) is 34.9 Å². The monoisotopic (exact) mass is 262 g/mol. The number of rotatable bonds is 6. The second-order valence-corrected chi connectivity index (χ2v) is 4.93. The maximum absolute atomic E-state index is 5.42. The van der Waals surface area contributed by atoms with Gasteiger partial charge in [0.1, 0.15) is 11.5 Å². The largest absolute Gasteiger partial charge is 0.497 e. The molecule has 0 aliphatic carbocycles. The standard InChI is InChI=1S/C15H22N2O2/c1-16(2)7-5-8-17-9-6-13-14(17)10-12(18-3)11-15(13)19-4/h6,9-11H,5,7-8H2,1-4H3. The summed E-state index contributed by atoms with van der Waals surface area (Å²) in [6.07, 6.45) is 3.23. The minimum atomic E-state index is 0.830. The lowest BCUT2D eigenvalue weighted by atomic mass is 10.2. The number of aromatic nitrogens is 1. The van der Waals surface area contributed by atoms with Crippen molar-refractivity contribution in [2.24, 2.45) is 0 Å². The SMILES string of the molecule is COc1cc(OC)c2ccn(CCCN(C)C)c2c1. The molecule has 0 aliphatic rings. The zero-order valence-electron chi connectivity index (χ0n) is 12.1. The van der Waals surface area contributed by atoms with E-state index in [9.17, 15) is 0 Å². The molecule has 1 aromatic carbocycles. The van der Waals surface area contributed by atoms with Crippen molar-refractivity contribution in [1.29, 1.82) is 0 Å². The van der Waals surface area contributed by atoms with E-state index >= 15 is 0 Å². The Hall–Kier alpha value is -1.68. The first-order chi connectivity index (χ1) is 9.15. The van der Waals surface area contributed by atoms with Gasteiger partial charge in [0.15, 0.2) is 0 Å². The van der Waals surface area contributed by atoms with E-state index < -0.39 is 0 Å². The van der Waals surface area contributed by atoms with Gasteiger partial charge in [-0.2, -0.15) is 0 Å². The van der Waals surface area contributed by atoms with Crippen LogP contribution >= 0.6 is 0 Å². The van der Waals surface area contributed by atoms with E-state index in [1.165, 1.54) is 0 Å². The van der Waals surface area contributed by atoms with Crippen molar-refractivity contribution in [3.05, 3.63) is 24.4 Å². The van der Waals surface area contributed by atoms with Crippen molar-refractivity contribution < 1.29 is 9.47 Å². The van der Waals surface area contributed by atoms with Gasteiger partial charge in [-0.3, -0.25) is 0 Å². The third-order valence-corrected chi connectivity index (χ3v) is 3.28. The molecule has 4 heteroatoms. The lowest BCUT2D eigenvalue weighted by Gasteiger charge is -2.11. The molecule has 0 bridgehead atoms. The normalized spacial score (nSPS) is 11.2. The number of hydrogen-bond acceptors (Lipinski definition) is 3. The Bertz CT molecular complexity index is 546. The molecule has 0 aliphatic heterocycles. The van der Waals surface area contributed by atoms with Crippen LogP contribution in [0.5, 0.6) is 11.5 Å². The molecule has 0 radical (unpaired) electrons. The van der Waals surface area contributed by atoms with Gasteiger partial charge < -0.3 is 18.9 Å². The van der Waals surface area contributed by atoms with Crippen molar-refractivity contribution in [3.8, 4) is 11.5 Å². The van der Waals surface area contributed by atoms with Crippen LogP contribution in [0.2, 0.25) is 0 Å². The fourth-order valence-electron chi connectivity index (χ4n) is 2.28. The number of hydrogen-bond donors (Lipinski definition) is 0. The van der Waals surface area contributed by atoms with E-state index in [0.29, 0.717) is 0 Å². The van der Waals surface area contributed by atoms with Gasteiger partial charge >= 0.3 is 0 Å². The molecule has 0 saturated heterocycles. The van der Waals surface area contributed by atoms with Gasteiger partial charge in [-0.1, -0.05) is 0 Å². The highest BCUT2D eigenvalue weighted by Crippen LogP contribution is 2.31. The molecular formula is C15H22N2O2. The molecule has 0 amide bonds. The number of ether oxygens (including phenoxy) is 2. The topological polar surface area (TPSA) is 26.6 Å². The lowest BCUT2D eigenvalue weighted by Crippen LogP contribution is -2.14.